The zero-order valence-electron chi connectivity index (χ0n) is 11.2. The third kappa shape index (κ3) is 2.35. The predicted octanol–water partition coefficient (Wildman–Crippen LogP) is 3.35. The van der Waals surface area contributed by atoms with Crippen molar-refractivity contribution in [2.24, 2.45) is 5.73 Å². The minimum absolute atomic E-state index is 0.0571. The summed E-state index contributed by atoms with van der Waals surface area (Å²) >= 11 is 6.04. The number of rotatable bonds is 3. The minimum atomic E-state index is -0.214. The van der Waals surface area contributed by atoms with Gasteiger partial charge >= 0.3 is 0 Å². The molecule has 0 amide bonds. The maximum atomic E-state index is 6.33. The van der Waals surface area contributed by atoms with E-state index in [9.17, 15) is 0 Å². The minimum Gasteiger partial charge on any atom is -0.495 e. The lowest BCUT2D eigenvalue weighted by atomic mass is 9.98. The third-order valence-corrected chi connectivity index (χ3v) is 3.94. The molecule has 20 heavy (non-hydrogen) atoms. The number of methoxy groups -OCH3 is 1. The number of nitrogens with two attached hydrogens (primary N) is 1. The molecular weight excluding hydrogens is 274 g/mol. The van der Waals surface area contributed by atoms with Crippen LogP contribution < -0.4 is 15.2 Å². The van der Waals surface area contributed by atoms with E-state index in [4.69, 9.17) is 26.8 Å². The largest absolute Gasteiger partial charge is 0.495 e. The first-order chi connectivity index (χ1) is 9.69. The smallest absolute Gasteiger partial charge is 0.137 e. The Bertz CT molecular complexity index is 605. The molecule has 1 aliphatic heterocycles. The van der Waals surface area contributed by atoms with Gasteiger partial charge < -0.3 is 15.2 Å². The number of halogens is 1. The van der Waals surface area contributed by atoms with Crippen molar-refractivity contribution in [1.82, 2.24) is 0 Å². The Morgan fingerprint density at radius 3 is 2.85 bits per heavy atom. The van der Waals surface area contributed by atoms with Crippen molar-refractivity contribution in [3.8, 4) is 11.5 Å². The molecule has 0 aliphatic carbocycles. The Hall–Kier alpha value is -1.71. The van der Waals surface area contributed by atoms with Crippen molar-refractivity contribution in [2.45, 2.75) is 18.6 Å². The highest BCUT2D eigenvalue weighted by Gasteiger charge is 2.29. The number of hydrogen-bond acceptors (Lipinski definition) is 3. The molecule has 0 aromatic heterocycles. The maximum Gasteiger partial charge on any atom is 0.137 e. The Morgan fingerprint density at radius 1 is 1.30 bits per heavy atom. The summed E-state index contributed by atoms with van der Waals surface area (Å²) in [5, 5.41) is 0.582. The first-order valence-corrected chi connectivity index (χ1v) is 6.90. The molecule has 4 heteroatoms. The lowest BCUT2D eigenvalue weighted by molar-refractivity contribution is 0.199. The van der Waals surface area contributed by atoms with E-state index in [1.54, 1.807) is 13.2 Å². The molecule has 0 fully saturated rings. The molecule has 2 N–H and O–H groups in total. The van der Waals surface area contributed by atoms with E-state index < -0.39 is 0 Å². The molecule has 2 atom stereocenters. The van der Waals surface area contributed by atoms with Crippen LogP contribution in [0.4, 0.5) is 0 Å². The van der Waals surface area contributed by atoms with E-state index in [1.165, 1.54) is 5.56 Å². The third-order valence-electron chi connectivity index (χ3n) is 3.63. The van der Waals surface area contributed by atoms with Gasteiger partial charge in [0.1, 0.15) is 17.6 Å². The second-order valence-electron chi connectivity index (χ2n) is 4.89. The zero-order chi connectivity index (χ0) is 14.1. The highest BCUT2D eigenvalue weighted by atomic mass is 35.5. The van der Waals surface area contributed by atoms with Crippen LogP contribution in [0.1, 0.15) is 17.2 Å². The topological polar surface area (TPSA) is 44.5 Å². The monoisotopic (exact) mass is 289 g/mol. The van der Waals surface area contributed by atoms with Crippen molar-refractivity contribution >= 4 is 11.6 Å². The van der Waals surface area contributed by atoms with Crippen molar-refractivity contribution in [3.63, 3.8) is 0 Å². The molecule has 0 bridgehead atoms. The zero-order valence-corrected chi connectivity index (χ0v) is 11.9. The quantitative estimate of drug-likeness (QED) is 0.942. The number of benzene rings is 2. The van der Waals surface area contributed by atoms with Gasteiger partial charge in [-0.25, -0.2) is 0 Å². The first-order valence-electron chi connectivity index (χ1n) is 6.52. The normalized spacial score (nSPS) is 18.2. The number of hydrogen-bond donors (Lipinski definition) is 1. The molecule has 2 aromatic carbocycles. The summed E-state index contributed by atoms with van der Waals surface area (Å²) in [7, 11) is 1.60. The fourth-order valence-corrected chi connectivity index (χ4v) is 2.70. The van der Waals surface area contributed by atoms with E-state index in [2.05, 4.69) is 6.07 Å². The van der Waals surface area contributed by atoms with E-state index in [0.29, 0.717) is 10.8 Å². The molecular formula is C16H16ClNO2. The summed E-state index contributed by atoms with van der Waals surface area (Å²) in [5.74, 6) is 1.56. The molecule has 104 valence electrons. The van der Waals surface area contributed by atoms with Crippen LogP contribution in [0.3, 0.4) is 0 Å². The molecule has 2 unspecified atom stereocenters. The number of para-hydroxylation sites is 1. The van der Waals surface area contributed by atoms with Gasteiger partial charge in [-0.15, -0.1) is 0 Å². The van der Waals surface area contributed by atoms with Crippen LogP contribution in [-0.4, -0.2) is 13.2 Å². The van der Waals surface area contributed by atoms with Gasteiger partial charge in [-0.05, 0) is 29.3 Å². The Kier molecular flexibility index (Phi) is 3.55. The molecule has 1 aliphatic rings. The summed E-state index contributed by atoms with van der Waals surface area (Å²) in [6.07, 6.45) is 0.765. The van der Waals surface area contributed by atoms with Crippen molar-refractivity contribution in [1.29, 1.82) is 0 Å². The predicted molar refractivity (Wildman–Crippen MR) is 79.5 cm³/mol. The van der Waals surface area contributed by atoms with Gasteiger partial charge in [0.2, 0.25) is 0 Å². The van der Waals surface area contributed by atoms with Crippen LogP contribution in [-0.2, 0) is 6.42 Å². The van der Waals surface area contributed by atoms with Crippen molar-refractivity contribution < 1.29 is 9.47 Å². The lowest BCUT2D eigenvalue weighted by Gasteiger charge is -2.20. The fourth-order valence-electron chi connectivity index (χ4n) is 2.51. The summed E-state index contributed by atoms with van der Waals surface area (Å²) in [6, 6.07) is 13.4. The SMILES string of the molecule is COc1cc(C(N)C2Cc3ccccc3O2)ccc1Cl. The Labute approximate surface area is 123 Å². The van der Waals surface area contributed by atoms with E-state index in [0.717, 1.165) is 17.7 Å². The Balaban J connectivity index is 1.82. The van der Waals surface area contributed by atoms with Gasteiger partial charge in [-0.3, -0.25) is 0 Å². The molecule has 3 nitrogen and oxygen atoms in total. The standard InChI is InChI=1S/C16H16ClNO2/c1-19-14-9-11(6-7-12(14)17)16(18)15-8-10-4-2-3-5-13(10)20-15/h2-7,9,15-16H,8,18H2,1H3. The van der Waals surface area contributed by atoms with Crippen LogP contribution in [0.25, 0.3) is 0 Å². The summed E-state index contributed by atoms with van der Waals surface area (Å²) in [6.45, 7) is 0. The van der Waals surface area contributed by atoms with Gasteiger partial charge in [0.15, 0.2) is 0 Å². The molecule has 3 rings (SSSR count). The van der Waals surface area contributed by atoms with Gasteiger partial charge in [0.05, 0.1) is 18.2 Å². The summed E-state index contributed by atoms with van der Waals surface area (Å²) in [4.78, 5) is 0. The molecule has 0 saturated heterocycles. The lowest BCUT2D eigenvalue weighted by Crippen LogP contribution is -2.30. The van der Waals surface area contributed by atoms with E-state index in [1.807, 2.05) is 30.3 Å². The average molecular weight is 290 g/mol. The highest BCUT2D eigenvalue weighted by molar-refractivity contribution is 6.32. The number of ether oxygens (including phenoxy) is 2. The van der Waals surface area contributed by atoms with Gasteiger partial charge in [-0.2, -0.15) is 0 Å². The average Bonchev–Trinajstić information content (AvgIpc) is 2.91. The molecule has 1 heterocycles. The first kappa shape index (κ1) is 13.3. The maximum absolute atomic E-state index is 6.33. The van der Waals surface area contributed by atoms with Crippen LogP contribution in [0, 0.1) is 0 Å². The van der Waals surface area contributed by atoms with Crippen molar-refractivity contribution in [2.75, 3.05) is 7.11 Å². The second-order valence-corrected chi connectivity index (χ2v) is 5.30. The van der Waals surface area contributed by atoms with Crippen molar-refractivity contribution in [3.05, 3.63) is 58.6 Å². The van der Waals surface area contributed by atoms with Gasteiger partial charge in [-0.1, -0.05) is 35.9 Å². The van der Waals surface area contributed by atoms with Crippen LogP contribution in [0.15, 0.2) is 42.5 Å². The van der Waals surface area contributed by atoms with E-state index >= 15 is 0 Å². The van der Waals surface area contributed by atoms with Crippen LogP contribution >= 0.6 is 11.6 Å². The van der Waals surface area contributed by atoms with Crippen LogP contribution in [0.2, 0.25) is 5.02 Å². The van der Waals surface area contributed by atoms with Gasteiger partial charge in [0, 0.05) is 6.42 Å². The van der Waals surface area contributed by atoms with Crippen LogP contribution in [0.5, 0.6) is 11.5 Å². The summed E-state index contributed by atoms with van der Waals surface area (Å²) in [5.41, 5.74) is 8.49. The highest BCUT2D eigenvalue weighted by Crippen LogP contribution is 2.35. The van der Waals surface area contributed by atoms with Gasteiger partial charge in [0.25, 0.3) is 0 Å². The number of fused-ring (bicyclic) bond motifs is 1. The second kappa shape index (κ2) is 5.35. The fraction of sp³-hybridized carbons (Fsp3) is 0.250. The van der Waals surface area contributed by atoms with E-state index in [-0.39, 0.29) is 12.1 Å². The molecule has 0 spiro atoms. The molecule has 0 saturated carbocycles. The molecule has 0 radical (unpaired) electrons. The molecule has 2 aromatic rings. The Morgan fingerprint density at radius 2 is 2.10 bits per heavy atom. The summed E-state index contributed by atoms with van der Waals surface area (Å²) < 4.78 is 11.2.